The summed E-state index contributed by atoms with van der Waals surface area (Å²) in [7, 11) is 1.56. The molecular weight excluding hydrogens is 321 g/mol. The minimum atomic E-state index is -0.245. The van der Waals surface area contributed by atoms with E-state index in [-0.39, 0.29) is 12.4 Å². The van der Waals surface area contributed by atoms with Crippen LogP contribution in [0.2, 0.25) is 0 Å². The van der Waals surface area contributed by atoms with E-state index in [1.54, 1.807) is 19.2 Å². The maximum atomic E-state index is 13.6. The topological polar surface area (TPSA) is 54.9 Å². The number of methoxy groups -OCH3 is 1. The number of hydrogen-bond donors (Lipinski definition) is 2. The fraction of sp³-hybridized carbons (Fsp3) is 0.632. The first-order valence-corrected chi connectivity index (χ1v) is 9.09. The third-order valence-corrected chi connectivity index (χ3v) is 3.98. The van der Waals surface area contributed by atoms with Gasteiger partial charge in [0.2, 0.25) is 0 Å². The normalized spacial score (nSPS) is 14.6. The van der Waals surface area contributed by atoms with Crippen LogP contribution in [0.4, 0.5) is 4.39 Å². The lowest BCUT2D eigenvalue weighted by molar-refractivity contribution is 0.123. The van der Waals surface area contributed by atoms with E-state index in [2.05, 4.69) is 15.6 Å². The molecule has 140 valence electrons. The summed E-state index contributed by atoms with van der Waals surface area (Å²) in [5, 5.41) is 6.53. The average molecular weight is 351 g/mol. The van der Waals surface area contributed by atoms with Crippen molar-refractivity contribution < 1.29 is 13.9 Å². The van der Waals surface area contributed by atoms with Crippen LogP contribution in [0.1, 0.15) is 37.3 Å². The van der Waals surface area contributed by atoms with Crippen molar-refractivity contribution >= 4 is 5.96 Å². The summed E-state index contributed by atoms with van der Waals surface area (Å²) in [6.45, 7) is 6.08. The molecule has 1 aliphatic carbocycles. The van der Waals surface area contributed by atoms with Crippen LogP contribution < -0.4 is 10.6 Å². The summed E-state index contributed by atoms with van der Waals surface area (Å²) in [6, 6.07) is 5.03. The number of ether oxygens (including phenoxy) is 2. The van der Waals surface area contributed by atoms with Crippen LogP contribution in [0.15, 0.2) is 23.2 Å². The lowest BCUT2D eigenvalue weighted by Crippen LogP contribution is -2.38. The SMILES string of the molecule is CCNC(=NCc1ccc(F)c(COC)c1)NCCCOCC1CC1. The average Bonchev–Trinajstić information content (AvgIpc) is 3.42. The number of rotatable bonds is 11. The molecule has 1 aliphatic rings. The minimum Gasteiger partial charge on any atom is -0.381 e. The summed E-state index contributed by atoms with van der Waals surface area (Å²) in [4.78, 5) is 4.56. The number of guanidine groups is 1. The van der Waals surface area contributed by atoms with E-state index in [1.165, 1.54) is 18.9 Å². The molecule has 0 atom stereocenters. The molecule has 0 saturated heterocycles. The van der Waals surface area contributed by atoms with Gasteiger partial charge in [-0.25, -0.2) is 9.38 Å². The van der Waals surface area contributed by atoms with E-state index >= 15 is 0 Å². The first kappa shape index (κ1) is 19.7. The van der Waals surface area contributed by atoms with Gasteiger partial charge in [-0.3, -0.25) is 0 Å². The van der Waals surface area contributed by atoms with Crippen LogP contribution >= 0.6 is 0 Å². The second kappa shape index (κ2) is 11.1. The Hall–Kier alpha value is -1.66. The van der Waals surface area contributed by atoms with Gasteiger partial charge in [0.1, 0.15) is 5.82 Å². The van der Waals surface area contributed by atoms with E-state index < -0.39 is 0 Å². The number of aliphatic imine (C=N–C) groups is 1. The van der Waals surface area contributed by atoms with Gasteiger partial charge in [-0.1, -0.05) is 6.07 Å². The highest BCUT2D eigenvalue weighted by molar-refractivity contribution is 5.79. The Kier molecular flexibility index (Phi) is 8.69. The van der Waals surface area contributed by atoms with Crippen molar-refractivity contribution in [3.8, 4) is 0 Å². The number of nitrogens with zero attached hydrogens (tertiary/aromatic N) is 1. The van der Waals surface area contributed by atoms with Gasteiger partial charge in [0.15, 0.2) is 5.96 Å². The number of halogens is 1. The van der Waals surface area contributed by atoms with Crippen LogP contribution in [-0.4, -0.2) is 39.4 Å². The summed E-state index contributed by atoms with van der Waals surface area (Å²) in [6.07, 6.45) is 3.60. The Morgan fingerprint density at radius 2 is 2.16 bits per heavy atom. The lowest BCUT2D eigenvalue weighted by Gasteiger charge is -2.12. The molecule has 0 bridgehead atoms. The summed E-state index contributed by atoms with van der Waals surface area (Å²) < 4.78 is 24.3. The van der Waals surface area contributed by atoms with Crippen molar-refractivity contribution in [1.29, 1.82) is 0 Å². The molecule has 5 nitrogen and oxygen atoms in total. The molecule has 0 aromatic heterocycles. The largest absolute Gasteiger partial charge is 0.381 e. The maximum absolute atomic E-state index is 13.6. The van der Waals surface area contributed by atoms with E-state index in [9.17, 15) is 4.39 Å². The Labute approximate surface area is 150 Å². The highest BCUT2D eigenvalue weighted by Gasteiger charge is 2.20. The van der Waals surface area contributed by atoms with Crippen molar-refractivity contribution in [1.82, 2.24) is 10.6 Å². The van der Waals surface area contributed by atoms with Gasteiger partial charge in [0, 0.05) is 39.0 Å². The molecule has 0 spiro atoms. The smallest absolute Gasteiger partial charge is 0.191 e. The first-order chi connectivity index (χ1) is 12.2. The van der Waals surface area contributed by atoms with Gasteiger partial charge in [-0.15, -0.1) is 0 Å². The first-order valence-electron chi connectivity index (χ1n) is 9.09. The number of hydrogen-bond acceptors (Lipinski definition) is 3. The minimum absolute atomic E-state index is 0.245. The van der Waals surface area contributed by atoms with Crippen LogP contribution in [0.3, 0.4) is 0 Å². The van der Waals surface area contributed by atoms with Crippen LogP contribution in [-0.2, 0) is 22.6 Å². The van der Waals surface area contributed by atoms with Gasteiger partial charge in [0.25, 0.3) is 0 Å². The van der Waals surface area contributed by atoms with Crippen molar-refractivity contribution in [2.75, 3.05) is 33.4 Å². The Bertz CT molecular complexity index is 547. The number of benzene rings is 1. The zero-order valence-corrected chi connectivity index (χ0v) is 15.3. The molecule has 0 heterocycles. The molecule has 2 rings (SSSR count). The fourth-order valence-electron chi connectivity index (χ4n) is 2.42. The molecule has 25 heavy (non-hydrogen) atoms. The highest BCUT2D eigenvalue weighted by atomic mass is 19.1. The van der Waals surface area contributed by atoms with Gasteiger partial charge in [-0.2, -0.15) is 0 Å². The lowest BCUT2D eigenvalue weighted by atomic mass is 10.1. The third kappa shape index (κ3) is 7.84. The third-order valence-electron chi connectivity index (χ3n) is 3.98. The van der Waals surface area contributed by atoms with Crippen LogP contribution in [0.25, 0.3) is 0 Å². The van der Waals surface area contributed by atoms with E-state index in [0.29, 0.717) is 12.1 Å². The molecule has 1 aromatic carbocycles. The molecule has 0 aliphatic heterocycles. The molecular formula is C19H30FN3O2. The summed E-state index contributed by atoms with van der Waals surface area (Å²) in [5.41, 5.74) is 1.51. The second-order valence-corrected chi connectivity index (χ2v) is 6.35. The number of nitrogens with one attached hydrogen (secondary N) is 2. The second-order valence-electron chi connectivity index (χ2n) is 6.35. The van der Waals surface area contributed by atoms with Crippen molar-refractivity contribution in [2.24, 2.45) is 10.9 Å². The predicted molar refractivity (Wildman–Crippen MR) is 98.1 cm³/mol. The van der Waals surface area contributed by atoms with Gasteiger partial charge >= 0.3 is 0 Å². The fourth-order valence-corrected chi connectivity index (χ4v) is 2.42. The van der Waals surface area contributed by atoms with E-state index in [4.69, 9.17) is 9.47 Å². The maximum Gasteiger partial charge on any atom is 0.191 e. The van der Waals surface area contributed by atoms with Crippen molar-refractivity contribution in [3.63, 3.8) is 0 Å². The monoisotopic (exact) mass is 351 g/mol. The zero-order valence-electron chi connectivity index (χ0n) is 15.3. The molecule has 1 aromatic rings. The Morgan fingerprint density at radius 1 is 1.32 bits per heavy atom. The van der Waals surface area contributed by atoms with Crippen LogP contribution in [0.5, 0.6) is 0 Å². The molecule has 1 fully saturated rings. The van der Waals surface area contributed by atoms with Crippen LogP contribution in [0, 0.1) is 11.7 Å². The van der Waals surface area contributed by atoms with Gasteiger partial charge in [0.05, 0.1) is 13.2 Å². The quantitative estimate of drug-likeness (QED) is 0.366. The highest BCUT2D eigenvalue weighted by Crippen LogP contribution is 2.28. The summed E-state index contributed by atoms with van der Waals surface area (Å²) in [5.74, 6) is 1.33. The molecule has 6 heteroatoms. The molecule has 0 amide bonds. The standard InChI is InChI=1S/C19H30FN3O2/c1-3-21-19(22-9-4-10-25-13-15-5-6-15)23-12-16-7-8-18(20)17(11-16)14-24-2/h7-8,11,15H,3-6,9-10,12-14H2,1-2H3,(H2,21,22,23). The predicted octanol–water partition coefficient (Wildman–Crippen LogP) is 2.84. The molecule has 0 unspecified atom stereocenters. The van der Waals surface area contributed by atoms with Crippen molar-refractivity contribution in [2.45, 2.75) is 39.3 Å². The van der Waals surface area contributed by atoms with E-state index in [0.717, 1.165) is 50.2 Å². The zero-order chi connectivity index (χ0) is 17.9. The molecule has 0 radical (unpaired) electrons. The Balaban J connectivity index is 1.76. The summed E-state index contributed by atoms with van der Waals surface area (Å²) >= 11 is 0. The van der Waals surface area contributed by atoms with Gasteiger partial charge in [-0.05, 0) is 49.8 Å². The van der Waals surface area contributed by atoms with Gasteiger partial charge < -0.3 is 20.1 Å². The van der Waals surface area contributed by atoms with Crippen molar-refractivity contribution in [3.05, 3.63) is 35.1 Å². The molecule has 2 N–H and O–H groups in total. The Morgan fingerprint density at radius 3 is 2.88 bits per heavy atom. The van der Waals surface area contributed by atoms with E-state index in [1.807, 2.05) is 6.92 Å². The molecule has 1 saturated carbocycles.